The van der Waals surface area contributed by atoms with Crippen LogP contribution < -0.4 is 5.32 Å². The smallest absolute Gasteiger partial charge is 0.235 e. The molecule has 0 radical (unpaired) electrons. The zero-order chi connectivity index (χ0) is 15.5. The molecule has 0 aromatic heterocycles. The van der Waals surface area contributed by atoms with Gasteiger partial charge in [-0.05, 0) is 50.4 Å². The Morgan fingerprint density at radius 2 is 2.10 bits per heavy atom. The number of carbonyl (C=O) groups is 1. The molecule has 1 aromatic rings. The minimum absolute atomic E-state index is 0.109. The summed E-state index contributed by atoms with van der Waals surface area (Å²) in [6.45, 7) is 2.74. The van der Waals surface area contributed by atoms with Gasteiger partial charge in [0.25, 0.3) is 0 Å². The average molecular weight is 306 g/mol. The molecule has 2 rings (SSSR count). The summed E-state index contributed by atoms with van der Waals surface area (Å²) < 4.78 is 0. The summed E-state index contributed by atoms with van der Waals surface area (Å²) in [5.41, 5.74) is 0.373. The Balaban J connectivity index is 1.84. The van der Waals surface area contributed by atoms with E-state index in [0.29, 0.717) is 17.5 Å². The Hall–Kier alpha value is -1.57. The predicted molar refractivity (Wildman–Crippen MR) is 82.7 cm³/mol. The fourth-order valence-corrected chi connectivity index (χ4v) is 2.54. The molecule has 1 aromatic carbocycles. The number of amides is 1. The molecule has 1 aliphatic carbocycles. The number of nitriles is 1. The van der Waals surface area contributed by atoms with Crippen molar-refractivity contribution >= 4 is 17.5 Å². The van der Waals surface area contributed by atoms with Gasteiger partial charge in [0.15, 0.2) is 0 Å². The van der Waals surface area contributed by atoms with Crippen molar-refractivity contribution in [2.24, 2.45) is 5.92 Å². The zero-order valence-electron chi connectivity index (χ0n) is 12.4. The largest absolute Gasteiger partial charge is 0.337 e. The van der Waals surface area contributed by atoms with Gasteiger partial charge in [-0.3, -0.25) is 9.69 Å². The Kier molecular flexibility index (Phi) is 4.87. The topological polar surface area (TPSA) is 56.1 Å². The lowest BCUT2D eigenvalue weighted by Gasteiger charge is -2.25. The molecule has 4 nitrogen and oxygen atoms in total. The molecule has 112 valence electrons. The molecule has 1 aliphatic rings. The number of halogens is 1. The number of rotatable bonds is 6. The van der Waals surface area contributed by atoms with Gasteiger partial charge in [-0.25, -0.2) is 0 Å². The molecule has 1 atom stereocenters. The quantitative estimate of drug-likeness (QED) is 0.879. The first-order chi connectivity index (χ1) is 9.93. The lowest BCUT2D eigenvalue weighted by Crippen LogP contribution is -2.49. The Morgan fingerprint density at radius 3 is 2.62 bits per heavy atom. The maximum atomic E-state index is 12.1. The Labute approximate surface area is 130 Å². The van der Waals surface area contributed by atoms with Gasteiger partial charge in [-0.1, -0.05) is 23.7 Å². The van der Waals surface area contributed by atoms with Crippen LogP contribution in [-0.4, -0.2) is 29.9 Å². The summed E-state index contributed by atoms with van der Waals surface area (Å²) in [5.74, 6) is 0.190. The normalized spacial score (nSPS) is 17.1. The van der Waals surface area contributed by atoms with Crippen molar-refractivity contribution in [2.45, 2.75) is 31.8 Å². The first kappa shape index (κ1) is 15.8. The summed E-state index contributed by atoms with van der Waals surface area (Å²) in [7, 11) is 1.88. The van der Waals surface area contributed by atoms with Crippen molar-refractivity contribution in [1.82, 2.24) is 10.2 Å². The molecular weight excluding hydrogens is 286 g/mol. The monoisotopic (exact) mass is 305 g/mol. The van der Waals surface area contributed by atoms with E-state index in [-0.39, 0.29) is 12.5 Å². The van der Waals surface area contributed by atoms with E-state index in [1.807, 2.05) is 43.1 Å². The second-order valence-electron chi connectivity index (χ2n) is 5.94. The van der Waals surface area contributed by atoms with E-state index >= 15 is 0 Å². The summed E-state index contributed by atoms with van der Waals surface area (Å²) in [6.07, 6.45) is 2.04. The summed E-state index contributed by atoms with van der Waals surface area (Å²) in [6, 6.07) is 9.80. The molecular formula is C16H20ClN3O. The zero-order valence-corrected chi connectivity index (χ0v) is 13.2. The molecule has 1 N–H and O–H groups in total. The van der Waals surface area contributed by atoms with Crippen LogP contribution in [0.25, 0.3) is 0 Å². The minimum Gasteiger partial charge on any atom is -0.337 e. The highest BCUT2D eigenvalue weighted by Crippen LogP contribution is 2.39. The molecule has 1 saturated carbocycles. The third-order valence-corrected chi connectivity index (χ3v) is 4.06. The SMILES string of the molecule is CN(CC(=O)N[C@](C)(C#N)C1CC1)Cc1ccc(Cl)cc1. The van der Waals surface area contributed by atoms with Crippen LogP contribution in [-0.2, 0) is 11.3 Å². The number of nitrogens with zero attached hydrogens (tertiary/aromatic N) is 2. The van der Waals surface area contributed by atoms with E-state index in [0.717, 1.165) is 18.4 Å². The number of likely N-dealkylation sites (N-methyl/N-ethyl adjacent to an activating group) is 1. The molecule has 0 bridgehead atoms. The van der Waals surface area contributed by atoms with Gasteiger partial charge < -0.3 is 5.32 Å². The van der Waals surface area contributed by atoms with E-state index in [4.69, 9.17) is 11.6 Å². The van der Waals surface area contributed by atoms with Gasteiger partial charge in [0.05, 0.1) is 12.6 Å². The highest BCUT2D eigenvalue weighted by Gasteiger charge is 2.42. The van der Waals surface area contributed by atoms with Gasteiger partial charge >= 0.3 is 0 Å². The molecule has 0 unspecified atom stereocenters. The summed E-state index contributed by atoms with van der Waals surface area (Å²) in [4.78, 5) is 14.0. The standard InChI is InChI=1S/C16H20ClN3O/c1-16(11-18,13-5-6-13)19-15(21)10-20(2)9-12-3-7-14(17)8-4-12/h3-4,7-8,13H,5-6,9-10H2,1-2H3,(H,19,21)/t16-/m1/s1. The van der Waals surface area contributed by atoms with Crippen molar-refractivity contribution < 1.29 is 4.79 Å². The first-order valence-electron chi connectivity index (χ1n) is 7.08. The van der Waals surface area contributed by atoms with Crippen molar-refractivity contribution in [3.8, 4) is 6.07 Å². The molecule has 21 heavy (non-hydrogen) atoms. The number of nitrogens with one attached hydrogen (secondary N) is 1. The fourth-order valence-electron chi connectivity index (χ4n) is 2.41. The molecule has 0 heterocycles. The first-order valence-corrected chi connectivity index (χ1v) is 7.46. The van der Waals surface area contributed by atoms with Crippen LogP contribution in [0.15, 0.2) is 24.3 Å². The molecule has 0 spiro atoms. The van der Waals surface area contributed by atoms with Crippen LogP contribution in [0.1, 0.15) is 25.3 Å². The van der Waals surface area contributed by atoms with Gasteiger partial charge in [-0.2, -0.15) is 5.26 Å². The van der Waals surface area contributed by atoms with Crippen LogP contribution in [0.2, 0.25) is 5.02 Å². The van der Waals surface area contributed by atoms with Crippen LogP contribution in [0.3, 0.4) is 0 Å². The van der Waals surface area contributed by atoms with Crippen molar-refractivity contribution in [2.75, 3.05) is 13.6 Å². The maximum absolute atomic E-state index is 12.1. The lowest BCUT2D eigenvalue weighted by atomic mass is 9.98. The molecule has 1 amide bonds. The third-order valence-electron chi connectivity index (χ3n) is 3.80. The number of carbonyl (C=O) groups excluding carboxylic acids is 1. The molecule has 1 fully saturated rings. The summed E-state index contributed by atoms with van der Waals surface area (Å²) >= 11 is 5.85. The van der Waals surface area contributed by atoms with Gasteiger partial charge in [-0.15, -0.1) is 0 Å². The van der Waals surface area contributed by atoms with E-state index in [1.54, 1.807) is 0 Å². The molecule has 0 saturated heterocycles. The maximum Gasteiger partial charge on any atom is 0.235 e. The average Bonchev–Trinajstić information content (AvgIpc) is 3.25. The van der Waals surface area contributed by atoms with Crippen LogP contribution in [0.4, 0.5) is 0 Å². The fraction of sp³-hybridized carbons (Fsp3) is 0.500. The molecule has 0 aliphatic heterocycles. The van der Waals surface area contributed by atoms with E-state index in [2.05, 4.69) is 11.4 Å². The number of benzene rings is 1. The van der Waals surface area contributed by atoms with Gasteiger partial charge in [0.2, 0.25) is 5.91 Å². The van der Waals surface area contributed by atoms with Crippen LogP contribution >= 0.6 is 11.6 Å². The molecule has 5 heteroatoms. The highest BCUT2D eigenvalue weighted by atomic mass is 35.5. The van der Waals surface area contributed by atoms with Crippen molar-refractivity contribution in [1.29, 1.82) is 5.26 Å². The van der Waals surface area contributed by atoms with Gasteiger partial charge in [0, 0.05) is 11.6 Å². The van der Waals surface area contributed by atoms with Crippen LogP contribution in [0, 0.1) is 17.2 Å². The third kappa shape index (κ3) is 4.45. The predicted octanol–water partition coefficient (Wildman–Crippen LogP) is 2.58. The van der Waals surface area contributed by atoms with E-state index < -0.39 is 5.54 Å². The van der Waals surface area contributed by atoms with E-state index in [1.165, 1.54) is 0 Å². The second-order valence-corrected chi connectivity index (χ2v) is 6.37. The van der Waals surface area contributed by atoms with Crippen LogP contribution in [0.5, 0.6) is 0 Å². The minimum atomic E-state index is -0.724. The number of hydrogen-bond acceptors (Lipinski definition) is 3. The Morgan fingerprint density at radius 1 is 1.48 bits per heavy atom. The number of hydrogen-bond donors (Lipinski definition) is 1. The summed E-state index contributed by atoms with van der Waals surface area (Å²) in [5, 5.41) is 12.8. The van der Waals surface area contributed by atoms with E-state index in [9.17, 15) is 10.1 Å². The van der Waals surface area contributed by atoms with Crippen molar-refractivity contribution in [3.05, 3.63) is 34.9 Å². The highest BCUT2D eigenvalue weighted by molar-refractivity contribution is 6.30. The lowest BCUT2D eigenvalue weighted by molar-refractivity contribution is -0.123. The second kappa shape index (κ2) is 6.46. The Bertz CT molecular complexity index is 548. The van der Waals surface area contributed by atoms with Crippen molar-refractivity contribution in [3.63, 3.8) is 0 Å². The van der Waals surface area contributed by atoms with Gasteiger partial charge in [0.1, 0.15) is 5.54 Å².